The third-order valence-electron chi connectivity index (χ3n) is 2.49. The van der Waals surface area contributed by atoms with Crippen LogP contribution in [0.1, 0.15) is 13.8 Å². The Labute approximate surface area is 75.5 Å². The monoisotopic (exact) mass is 179 g/mol. The summed E-state index contributed by atoms with van der Waals surface area (Å²) in [6.45, 7) is 8.93. The second kappa shape index (κ2) is 4.29. The van der Waals surface area contributed by atoms with E-state index < -0.39 is 0 Å². The van der Waals surface area contributed by atoms with Gasteiger partial charge in [0.2, 0.25) is 0 Å². The molecule has 1 heterocycles. The molecular formula is C8H18ClNO. The maximum atomic E-state index is 5.46. The van der Waals surface area contributed by atoms with Crippen molar-refractivity contribution < 1.29 is 21.6 Å². The fourth-order valence-corrected chi connectivity index (χ4v) is 1.53. The first kappa shape index (κ1) is 11.2. The van der Waals surface area contributed by atoms with Crippen LogP contribution >= 0.6 is 0 Å². The third-order valence-corrected chi connectivity index (χ3v) is 2.49. The van der Waals surface area contributed by atoms with E-state index in [9.17, 15) is 0 Å². The Morgan fingerprint density at radius 2 is 2.18 bits per heavy atom. The molecule has 0 radical (unpaired) electrons. The lowest BCUT2D eigenvalue weighted by atomic mass is 10.2. The highest BCUT2D eigenvalue weighted by Gasteiger charge is 2.27. The minimum absolute atomic E-state index is 0. The van der Waals surface area contributed by atoms with Crippen LogP contribution in [0.3, 0.4) is 0 Å². The molecule has 68 valence electrons. The molecule has 1 saturated heterocycles. The van der Waals surface area contributed by atoms with Crippen molar-refractivity contribution in [2.75, 3.05) is 33.3 Å². The molecule has 0 aliphatic carbocycles. The molecule has 2 atom stereocenters. The van der Waals surface area contributed by atoms with Crippen LogP contribution in [-0.2, 0) is 4.74 Å². The van der Waals surface area contributed by atoms with Gasteiger partial charge in [-0.05, 0) is 13.8 Å². The standard InChI is InChI=1S/C8H18NO.ClH/c1-4-9(3)5-6-10-8(2)7-9;/h8H,4-7H2,1-3H3;1H/q+1;/p-1. The molecular weight excluding hydrogens is 162 g/mol. The van der Waals surface area contributed by atoms with Crippen LogP contribution in [0.25, 0.3) is 0 Å². The number of quaternary nitrogens is 1. The smallest absolute Gasteiger partial charge is 0.105 e. The van der Waals surface area contributed by atoms with Crippen molar-refractivity contribution in [3.05, 3.63) is 0 Å². The van der Waals surface area contributed by atoms with Gasteiger partial charge in [0, 0.05) is 0 Å². The zero-order valence-electron chi connectivity index (χ0n) is 7.64. The van der Waals surface area contributed by atoms with Crippen molar-refractivity contribution in [1.29, 1.82) is 0 Å². The van der Waals surface area contributed by atoms with E-state index in [0.717, 1.165) is 6.61 Å². The maximum Gasteiger partial charge on any atom is 0.105 e. The fraction of sp³-hybridized carbons (Fsp3) is 1.00. The molecule has 1 rings (SSSR count). The number of hydrogen-bond donors (Lipinski definition) is 0. The normalized spacial score (nSPS) is 37.9. The van der Waals surface area contributed by atoms with Crippen LogP contribution in [0.5, 0.6) is 0 Å². The molecule has 0 spiro atoms. The van der Waals surface area contributed by atoms with Crippen LogP contribution in [0.15, 0.2) is 0 Å². The number of morpholine rings is 1. The van der Waals surface area contributed by atoms with Crippen molar-refractivity contribution in [3.63, 3.8) is 0 Å². The van der Waals surface area contributed by atoms with Crippen LogP contribution < -0.4 is 12.4 Å². The molecule has 0 N–H and O–H groups in total. The molecule has 0 aromatic carbocycles. The van der Waals surface area contributed by atoms with Gasteiger partial charge in [0.1, 0.15) is 19.2 Å². The minimum Gasteiger partial charge on any atom is -1.00 e. The lowest BCUT2D eigenvalue weighted by molar-refractivity contribution is -0.918. The zero-order valence-corrected chi connectivity index (χ0v) is 8.40. The lowest BCUT2D eigenvalue weighted by Gasteiger charge is -2.39. The molecule has 1 aliphatic rings. The summed E-state index contributed by atoms with van der Waals surface area (Å²) in [5.41, 5.74) is 0. The van der Waals surface area contributed by atoms with Crippen LogP contribution in [0, 0.1) is 0 Å². The number of rotatable bonds is 1. The summed E-state index contributed by atoms with van der Waals surface area (Å²) in [7, 11) is 2.30. The molecule has 0 amide bonds. The van der Waals surface area contributed by atoms with Gasteiger partial charge in [-0.1, -0.05) is 0 Å². The summed E-state index contributed by atoms with van der Waals surface area (Å²) in [6, 6.07) is 0. The predicted molar refractivity (Wildman–Crippen MR) is 41.9 cm³/mol. The van der Waals surface area contributed by atoms with Crippen molar-refractivity contribution >= 4 is 0 Å². The maximum absolute atomic E-state index is 5.46. The summed E-state index contributed by atoms with van der Waals surface area (Å²) >= 11 is 0. The molecule has 11 heavy (non-hydrogen) atoms. The van der Waals surface area contributed by atoms with E-state index in [1.165, 1.54) is 24.1 Å². The van der Waals surface area contributed by atoms with E-state index in [0.29, 0.717) is 6.10 Å². The number of ether oxygens (including phenoxy) is 1. The van der Waals surface area contributed by atoms with Crippen molar-refractivity contribution in [2.45, 2.75) is 20.0 Å². The molecule has 0 aromatic rings. The summed E-state index contributed by atoms with van der Waals surface area (Å²) < 4.78 is 6.64. The van der Waals surface area contributed by atoms with Crippen LogP contribution in [0.2, 0.25) is 0 Å². The number of likely N-dealkylation sites (N-methyl/N-ethyl adjacent to an activating group) is 1. The summed E-state index contributed by atoms with van der Waals surface area (Å²) in [5.74, 6) is 0. The number of hydrogen-bond acceptors (Lipinski definition) is 1. The molecule has 1 fully saturated rings. The fourth-order valence-electron chi connectivity index (χ4n) is 1.53. The second-order valence-electron chi connectivity index (χ2n) is 3.52. The molecule has 0 saturated carbocycles. The molecule has 1 aliphatic heterocycles. The van der Waals surface area contributed by atoms with E-state index in [4.69, 9.17) is 4.74 Å². The Morgan fingerprint density at radius 3 is 2.55 bits per heavy atom. The van der Waals surface area contributed by atoms with Gasteiger partial charge in [-0.25, -0.2) is 0 Å². The second-order valence-corrected chi connectivity index (χ2v) is 3.52. The van der Waals surface area contributed by atoms with Crippen LogP contribution in [0.4, 0.5) is 0 Å². The zero-order chi connectivity index (χ0) is 7.61. The highest BCUT2D eigenvalue weighted by molar-refractivity contribution is 4.54. The van der Waals surface area contributed by atoms with Gasteiger partial charge < -0.3 is 21.6 Å². The van der Waals surface area contributed by atoms with Gasteiger partial charge in [-0.15, -0.1) is 0 Å². The molecule has 0 bridgehead atoms. The Hall–Kier alpha value is 0.210. The van der Waals surface area contributed by atoms with E-state index in [1.807, 2.05) is 0 Å². The quantitative estimate of drug-likeness (QED) is 0.419. The Bertz CT molecular complexity index is 121. The first-order valence-electron chi connectivity index (χ1n) is 4.11. The Balaban J connectivity index is 0.000001000. The SMILES string of the molecule is CC[N+]1(C)CCOC(C)C1.[Cl-]. The Morgan fingerprint density at radius 1 is 1.55 bits per heavy atom. The number of nitrogens with zero attached hydrogens (tertiary/aromatic N) is 1. The molecule has 0 aromatic heterocycles. The average molecular weight is 180 g/mol. The van der Waals surface area contributed by atoms with Gasteiger partial charge in [0.05, 0.1) is 20.2 Å². The Kier molecular flexibility index (Phi) is 4.37. The summed E-state index contributed by atoms with van der Waals surface area (Å²) in [6.07, 6.45) is 0.457. The minimum atomic E-state index is 0. The highest BCUT2D eigenvalue weighted by Crippen LogP contribution is 2.11. The average Bonchev–Trinajstić information content (AvgIpc) is 1.88. The van der Waals surface area contributed by atoms with E-state index in [2.05, 4.69) is 20.9 Å². The largest absolute Gasteiger partial charge is 1.00 e. The highest BCUT2D eigenvalue weighted by atomic mass is 35.5. The van der Waals surface area contributed by atoms with Crippen molar-refractivity contribution in [1.82, 2.24) is 0 Å². The predicted octanol–water partition coefficient (Wildman–Crippen LogP) is -2.12. The molecule has 3 heteroatoms. The molecule has 2 unspecified atom stereocenters. The van der Waals surface area contributed by atoms with E-state index >= 15 is 0 Å². The summed E-state index contributed by atoms with van der Waals surface area (Å²) in [5, 5.41) is 0. The van der Waals surface area contributed by atoms with Gasteiger partial charge in [-0.2, -0.15) is 0 Å². The van der Waals surface area contributed by atoms with E-state index in [-0.39, 0.29) is 12.4 Å². The van der Waals surface area contributed by atoms with Gasteiger partial charge in [-0.3, -0.25) is 0 Å². The first-order chi connectivity index (χ1) is 4.66. The van der Waals surface area contributed by atoms with E-state index in [1.54, 1.807) is 0 Å². The van der Waals surface area contributed by atoms with Gasteiger partial charge >= 0.3 is 0 Å². The third kappa shape index (κ3) is 2.97. The topological polar surface area (TPSA) is 9.23 Å². The van der Waals surface area contributed by atoms with Crippen LogP contribution in [-0.4, -0.2) is 43.9 Å². The first-order valence-corrected chi connectivity index (χ1v) is 4.11. The molecule has 2 nitrogen and oxygen atoms in total. The summed E-state index contributed by atoms with van der Waals surface area (Å²) in [4.78, 5) is 0. The lowest BCUT2D eigenvalue weighted by Crippen LogP contribution is -3.00. The number of halogens is 1. The van der Waals surface area contributed by atoms with Gasteiger partial charge in [0.25, 0.3) is 0 Å². The van der Waals surface area contributed by atoms with Crippen molar-refractivity contribution in [2.24, 2.45) is 0 Å². The van der Waals surface area contributed by atoms with Gasteiger partial charge in [0.15, 0.2) is 0 Å². The van der Waals surface area contributed by atoms with Crippen molar-refractivity contribution in [3.8, 4) is 0 Å².